The maximum Gasteiger partial charge on any atom is 0.211 e. The van der Waals surface area contributed by atoms with Gasteiger partial charge in [0.05, 0.1) is 12.5 Å². The molecule has 0 unspecified atom stereocenters. The van der Waals surface area contributed by atoms with E-state index in [1.165, 1.54) is 0 Å². The average Bonchev–Trinajstić information content (AvgIpc) is 2.48. The van der Waals surface area contributed by atoms with Crippen molar-refractivity contribution in [2.24, 2.45) is 0 Å². The minimum absolute atomic E-state index is 0.0361. The van der Waals surface area contributed by atoms with E-state index in [0.717, 1.165) is 15.7 Å². The molecule has 0 aliphatic rings. The summed E-state index contributed by atoms with van der Waals surface area (Å²) in [5.74, 6) is 0.508. The van der Waals surface area contributed by atoms with E-state index >= 15 is 0 Å². The Morgan fingerprint density at radius 3 is 1.68 bits per heavy atom. The fourth-order valence-electron chi connectivity index (χ4n) is 1.06. The summed E-state index contributed by atoms with van der Waals surface area (Å²) in [6.45, 7) is 0.0361. The Kier molecular flexibility index (Phi) is 13.8. The zero-order valence-electron chi connectivity index (χ0n) is 10.9. The van der Waals surface area contributed by atoms with E-state index in [2.05, 4.69) is 63.2 Å². The number of aliphatic hydroxyl groups is 1. The monoisotopic (exact) mass is 510 g/mol. The Bertz CT molecular complexity index is 544. The lowest BCUT2D eigenvalue weighted by Crippen LogP contribution is -1.85. The van der Waals surface area contributed by atoms with Crippen molar-refractivity contribution in [3.63, 3.8) is 0 Å². The van der Waals surface area contributed by atoms with Crippen molar-refractivity contribution in [3.8, 4) is 0 Å². The van der Waals surface area contributed by atoms with Crippen LogP contribution in [0.25, 0.3) is 0 Å². The molecule has 4 nitrogen and oxygen atoms in total. The molecule has 0 aliphatic heterocycles. The Morgan fingerprint density at radius 2 is 1.45 bits per heavy atom. The van der Waals surface area contributed by atoms with Gasteiger partial charge in [-0.2, -0.15) is 0 Å². The van der Waals surface area contributed by atoms with E-state index in [4.69, 9.17) is 20.9 Å². The summed E-state index contributed by atoms with van der Waals surface area (Å²) >= 11 is 12.0. The van der Waals surface area contributed by atoms with Gasteiger partial charge in [-0.1, -0.05) is 12.1 Å². The summed E-state index contributed by atoms with van der Waals surface area (Å²) in [4.78, 5) is 7.89. The lowest BCUT2D eigenvalue weighted by Gasteiger charge is -1.95. The summed E-state index contributed by atoms with van der Waals surface area (Å²) < 4.78 is 10.6. The largest absolute Gasteiger partial charge is 0.392 e. The van der Waals surface area contributed by atoms with Crippen molar-refractivity contribution >= 4 is 74.1 Å². The molecule has 122 valence electrons. The van der Waals surface area contributed by atoms with Crippen LogP contribution in [0.3, 0.4) is 0 Å². The average molecular weight is 513 g/mol. The molecule has 0 amide bonds. The topological polar surface area (TPSA) is 63.1 Å². The normalized spacial score (nSPS) is 9.41. The second-order valence-electron chi connectivity index (χ2n) is 3.38. The van der Waals surface area contributed by atoms with Crippen molar-refractivity contribution in [2.75, 3.05) is 0 Å². The van der Waals surface area contributed by atoms with Crippen LogP contribution in [0.5, 0.6) is 0 Å². The van der Waals surface area contributed by atoms with Crippen LogP contribution < -0.4 is 0 Å². The molecule has 2 aromatic heterocycles. The van der Waals surface area contributed by atoms with Crippen molar-refractivity contribution in [2.45, 2.75) is 12.5 Å². The first kappa shape index (κ1) is 22.2. The van der Waals surface area contributed by atoms with Crippen LogP contribution in [0.2, 0.25) is 0 Å². The summed E-state index contributed by atoms with van der Waals surface area (Å²) in [6, 6.07) is 7.40. The third-order valence-electron chi connectivity index (χ3n) is 1.99. The Labute approximate surface area is 161 Å². The number of nitrogens with zero attached hydrogens (tertiary/aromatic N) is 2. The van der Waals surface area contributed by atoms with E-state index in [9.17, 15) is 0 Å². The van der Waals surface area contributed by atoms with E-state index in [0.29, 0.717) is 10.5 Å². The molecule has 0 spiro atoms. The van der Waals surface area contributed by atoms with Crippen molar-refractivity contribution in [1.29, 1.82) is 0 Å². The quantitative estimate of drug-likeness (QED) is 0.350. The number of alkyl halides is 1. The minimum Gasteiger partial charge on any atom is -0.392 e. The molecular formula is C12H11Br2Cl3N2O2S. The third-order valence-corrected chi connectivity index (χ3v) is 3.70. The summed E-state index contributed by atoms with van der Waals surface area (Å²) in [6.07, 6.45) is 3.39. The first-order valence-corrected chi connectivity index (χ1v) is 10.4. The smallest absolute Gasteiger partial charge is 0.211 e. The van der Waals surface area contributed by atoms with Gasteiger partial charge in [0.15, 0.2) is 0 Å². The number of aliphatic hydroxyl groups excluding tert-OH is 1. The molecule has 0 aliphatic carbocycles. The molecule has 22 heavy (non-hydrogen) atoms. The van der Waals surface area contributed by atoms with Crippen molar-refractivity contribution in [3.05, 3.63) is 57.0 Å². The Balaban J connectivity index is 0.000000326. The molecule has 2 rings (SSSR count). The summed E-state index contributed by atoms with van der Waals surface area (Å²) in [7, 11) is 7.36. The Hall–Kier alpha value is 0.240. The minimum atomic E-state index is -1.67. The van der Waals surface area contributed by atoms with E-state index in [-0.39, 0.29) is 6.61 Å². The van der Waals surface area contributed by atoms with Crippen molar-refractivity contribution < 1.29 is 9.32 Å². The SMILES string of the molecule is ClCc1cccnc1Br.O=S(Cl)Cl.OCc1cccnc1Br. The molecule has 0 bridgehead atoms. The maximum absolute atomic E-state index is 9.09. The van der Waals surface area contributed by atoms with Gasteiger partial charge in [0.1, 0.15) is 9.21 Å². The molecular weight excluding hydrogens is 502 g/mol. The van der Waals surface area contributed by atoms with Crippen molar-refractivity contribution in [1.82, 2.24) is 9.97 Å². The molecule has 0 radical (unpaired) electrons. The van der Waals surface area contributed by atoms with E-state index < -0.39 is 9.23 Å². The number of hydrogen-bond acceptors (Lipinski definition) is 4. The second-order valence-corrected chi connectivity index (χ2v) is 7.68. The second kappa shape index (κ2) is 13.7. The van der Waals surface area contributed by atoms with Gasteiger partial charge < -0.3 is 5.11 Å². The highest BCUT2D eigenvalue weighted by molar-refractivity contribution is 9.10. The van der Waals surface area contributed by atoms with Crippen LogP contribution in [-0.4, -0.2) is 19.3 Å². The fourth-order valence-corrected chi connectivity index (χ4v) is 2.20. The predicted molar refractivity (Wildman–Crippen MR) is 99.2 cm³/mol. The van der Waals surface area contributed by atoms with Crippen LogP contribution in [0.15, 0.2) is 45.9 Å². The number of aromatic nitrogens is 2. The first-order chi connectivity index (χ1) is 10.4. The molecule has 1 N–H and O–H groups in total. The van der Waals surface area contributed by atoms with Gasteiger partial charge in [0.25, 0.3) is 0 Å². The fraction of sp³-hybridized carbons (Fsp3) is 0.167. The highest BCUT2D eigenvalue weighted by Crippen LogP contribution is 2.13. The van der Waals surface area contributed by atoms with Gasteiger partial charge in [-0.25, -0.2) is 14.2 Å². The molecule has 0 fully saturated rings. The van der Waals surface area contributed by atoms with E-state index in [1.54, 1.807) is 18.5 Å². The van der Waals surface area contributed by atoms with Gasteiger partial charge >= 0.3 is 0 Å². The molecule has 2 aromatic rings. The van der Waals surface area contributed by atoms with Gasteiger partial charge in [0, 0.05) is 39.3 Å². The standard InChI is InChI=1S/C6H5BrClN.C6H6BrNO.Cl2OS/c7-6-5(4-8)2-1-3-9-6;7-6-5(4-9)2-1-3-8-6;1-4(2)3/h1-3H,4H2;1-3,9H,4H2;. The highest BCUT2D eigenvalue weighted by atomic mass is 79.9. The van der Waals surface area contributed by atoms with Crippen LogP contribution in [0.1, 0.15) is 11.1 Å². The van der Waals surface area contributed by atoms with Gasteiger partial charge in [0.2, 0.25) is 9.23 Å². The maximum atomic E-state index is 9.09. The van der Waals surface area contributed by atoms with Gasteiger partial charge in [-0.05, 0) is 49.6 Å². The predicted octanol–water partition coefficient (Wildman–Crippen LogP) is 4.96. The molecule has 2 heterocycles. The molecule has 0 aromatic carbocycles. The number of rotatable bonds is 2. The highest BCUT2D eigenvalue weighted by Gasteiger charge is 1.95. The van der Waals surface area contributed by atoms with Crippen LogP contribution in [0.4, 0.5) is 0 Å². The van der Waals surface area contributed by atoms with Crippen LogP contribution in [0, 0.1) is 0 Å². The van der Waals surface area contributed by atoms with E-state index in [1.807, 2.05) is 18.2 Å². The zero-order chi connectivity index (χ0) is 17.0. The lowest BCUT2D eigenvalue weighted by atomic mass is 10.3. The number of hydrogen-bond donors (Lipinski definition) is 1. The summed E-state index contributed by atoms with van der Waals surface area (Å²) in [5, 5.41) is 8.65. The number of halogens is 5. The summed E-state index contributed by atoms with van der Waals surface area (Å²) in [5.41, 5.74) is 1.84. The number of pyridine rings is 2. The van der Waals surface area contributed by atoms with Gasteiger partial charge in [-0.15, -0.1) is 11.6 Å². The lowest BCUT2D eigenvalue weighted by molar-refractivity contribution is 0.280. The van der Waals surface area contributed by atoms with Crippen LogP contribution in [-0.2, 0) is 21.7 Å². The molecule has 0 saturated heterocycles. The van der Waals surface area contributed by atoms with Crippen LogP contribution >= 0.6 is 64.8 Å². The van der Waals surface area contributed by atoms with Gasteiger partial charge in [-0.3, -0.25) is 0 Å². The zero-order valence-corrected chi connectivity index (χ0v) is 17.2. The Morgan fingerprint density at radius 1 is 1.05 bits per heavy atom. The third kappa shape index (κ3) is 10.9. The molecule has 0 saturated carbocycles. The first-order valence-electron chi connectivity index (χ1n) is 5.52. The molecule has 10 heteroatoms. The molecule has 0 atom stereocenters.